The minimum absolute atomic E-state index is 0.497. The molecule has 1 fully saturated rings. The predicted octanol–water partition coefficient (Wildman–Crippen LogP) is 2.43. The van der Waals surface area contributed by atoms with Crippen molar-refractivity contribution < 1.29 is 4.74 Å². The second-order valence-corrected chi connectivity index (χ2v) is 6.55. The van der Waals surface area contributed by atoms with Crippen LogP contribution in [0.1, 0.15) is 35.3 Å². The summed E-state index contributed by atoms with van der Waals surface area (Å²) >= 11 is 1.84. The Hall–Kier alpha value is -1.24. The van der Waals surface area contributed by atoms with E-state index in [-0.39, 0.29) is 0 Å². The lowest BCUT2D eigenvalue weighted by Crippen LogP contribution is -2.32. The summed E-state index contributed by atoms with van der Waals surface area (Å²) in [7, 11) is 1.71. The monoisotopic (exact) mass is 306 g/mol. The zero-order valence-electron chi connectivity index (χ0n) is 12.4. The number of H-pyrrole nitrogens is 1. The molecule has 0 atom stereocenters. The number of aromatic nitrogens is 3. The molecule has 1 aliphatic rings. The van der Waals surface area contributed by atoms with Crippen molar-refractivity contribution in [2.75, 3.05) is 26.8 Å². The molecule has 1 N–H and O–H groups in total. The van der Waals surface area contributed by atoms with Crippen LogP contribution in [-0.2, 0) is 17.7 Å². The van der Waals surface area contributed by atoms with E-state index in [4.69, 9.17) is 4.74 Å². The molecule has 0 bridgehead atoms. The number of likely N-dealkylation sites (tertiary alicyclic amines) is 1. The Labute approximate surface area is 129 Å². The van der Waals surface area contributed by atoms with E-state index in [1.165, 1.54) is 4.88 Å². The quantitative estimate of drug-likeness (QED) is 0.890. The van der Waals surface area contributed by atoms with Crippen molar-refractivity contribution in [3.05, 3.63) is 34.0 Å². The summed E-state index contributed by atoms with van der Waals surface area (Å²) < 4.78 is 5.07. The molecular formula is C15H22N4OS. The highest BCUT2D eigenvalue weighted by Gasteiger charge is 2.23. The van der Waals surface area contributed by atoms with Gasteiger partial charge in [0.15, 0.2) is 5.82 Å². The maximum absolute atomic E-state index is 5.07. The predicted molar refractivity (Wildman–Crippen MR) is 83.5 cm³/mol. The van der Waals surface area contributed by atoms with E-state index in [0.717, 1.165) is 50.5 Å². The number of methoxy groups -OCH3 is 1. The van der Waals surface area contributed by atoms with Crippen molar-refractivity contribution in [3.8, 4) is 0 Å². The standard InChI is InChI=1S/C15H22N4OS/c1-20-9-6-14-16-15(18-17-14)12-4-7-19(8-5-12)11-13-3-2-10-21-13/h2-3,10,12H,4-9,11H2,1H3,(H,16,17,18). The summed E-state index contributed by atoms with van der Waals surface area (Å²) in [5.74, 6) is 2.42. The Balaban J connectivity index is 1.49. The van der Waals surface area contributed by atoms with Crippen molar-refractivity contribution in [1.29, 1.82) is 0 Å². The zero-order chi connectivity index (χ0) is 14.5. The third kappa shape index (κ3) is 3.90. The number of ether oxygens (including phenoxy) is 1. The number of thiophene rings is 1. The van der Waals surface area contributed by atoms with Crippen molar-refractivity contribution in [1.82, 2.24) is 20.1 Å². The molecule has 1 aliphatic heterocycles. The molecule has 0 aromatic carbocycles. The van der Waals surface area contributed by atoms with E-state index in [2.05, 4.69) is 37.6 Å². The number of aromatic amines is 1. The lowest BCUT2D eigenvalue weighted by Gasteiger charge is -2.30. The Kier molecular flexibility index (Phi) is 5.00. The summed E-state index contributed by atoms with van der Waals surface area (Å²) in [6.45, 7) is 4.03. The van der Waals surface area contributed by atoms with Gasteiger partial charge in [-0.2, -0.15) is 5.10 Å². The summed E-state index contributed by atoms with van der Waals surface area (Å²) in [6, 6.07) is 4.34. The van der Waals surface area contributed by atoms with Gasteiger partial charge in [0.25, 0.3) is 0 Å². The van der Waals surface area contributed by atoms with Gasteiger partial charge in [-0.3, -0.25) is 10.00 Å². The smallest absolute Gasteiger partial charge is 0.153 e. The van der Waals surface area contributed by atoms with E-state index in [0.29, 0.717) is 12.5 Å². The van der Waals surface area contributed by atoms with Crippen LogP contribution >= 0.6 is 11.3 Å². The molecule has 0 saturated carbocycles. The molecule has 0 spiro atoms. The minimum Gasteiger partial charge on any atom is -0.384 e. The lowest BCUT2D eigenvalue weighted by atomic mass is 9.96. The van der Waals surface area contributed by atoms with Crippen LogP contribution in [0.4, 0.5) is 0 Å². The molecule has 6 heteroatoms. The summed E-state index contributed by atoms with van der Waals surface area (Å²) in [4.78, 5) is 8.59. The lowest BCUT2D eigenvalue weighted by molar-refractivity contribution is 0.200. The van der Waals surface area contributed by atoms with E-state index >= 15 is 0 Å². The van der Waals surface area contributed by atoms with E-state index in [9.17, 15) is 0 Å². The van der Waals surface area contributed by atoms with E-state index in [1.807, 2.05) is 11.3 Å². The fourth-order valence-corrected chi connectivity index (χ4v) is 3.52. The van der Waals surface area contributed by atoms with Gasteiger partial charge in [0.05, 0.1) is 6.61 Å². The molecule has 3 rings (SSSR count). The van der Waals surface area contributed by atoms with E-state index in [1.54, 1.807) is 7.11 Å². The SMILES string of the molecule is COCCc1nc(C2CCN(Cc3cccs3)CC2)n[nH]1. The maximum Gasteiger partial charge on any atom is 0.153 e. The highest BCUT2D eigenvalue weighted by Crippen LogP contribution is 2.26. The van der Waals surface area contributed by atoms with Gasteiger partial charge < -0.3 is 4.74 Å². The van der Waals surface area contributed by atoms with Crippen LogP contribution in [0, 0.1) is 0 Å². The Morgan fingerprint density at radius 1 is 1.43 bits per heavy atom. The minimum atomic E-state index is 0.497. The zero-order valence-corrected chi connectivity index (χ0v) is 13.2. The average Bonchev–Trinajstić information content (AvgIpc) is 3.17. The first-order valence-corrected chi connectivity index (χ1v) is 8.38. The number of rotatable bonds is 6. The molecule has 0 aliphatic carbocycles. The number of nitrogens with zero attached hydrogens (tertiary/aromatic N) is 3. The van der Waals surface area contributed by atoms with Crippen LogP contribution in [0.2, 0.25) is 0 Å². The number of hydrogen-bond donors (Lipinski definition) is 1. The fraction of sp³-hybridized carbons (Fsp3) is 0.600. The highest BCUT2D eigenvalue weighted by molar-refractivity contribution is 7.09. The molecular weight excluding hydrogens is 284 g/mol. The van der Waals surface area contributed by atoms with Crippen LogP contribution in [-0.4, -0.2) is 46.9 Å². The summed E-state index contributed by atoms with van der Waals surface area (Å²) in [6.07, 6.45) is 3.10. The molecule has 1 saturated heterocycles. The van der Waals surface area contributed by atoms with Gasteiger partial charge >= 0.3 is 0 Å². The van der Waals surface area contributed by atoms with Crippen molar-refractivity contribution in [2.45, 2.75) is 31.7 Å². The van der Waals surface area contributed by atoms with Gasteiger partial charge in [-0.25, -0.2) is 4.98 Å². The Morgan fingerprint density at radius 2 is 2.29 bits per heavy atom. The van der Waals surface area contributed by atoms with Crippen molar-refractivity contribution >= 4 is 11.3 Å². The van der Waals surface area contributed by atoms with Gasteiger partial charge in [-0.15, -0.1) is 11.3 Å². The fourth-order valence-electron chi connectivity index (χ4n) is 2.78. The second kappa shape index (κ2) is 7.15. The molecule has 0 radical (unpaired) electrons. The first-order valence-electron chi connectivity index (χ1n) is 7.50. The average molecular weight is 306 g/mol. The molecule has 5 nitrogen and oxygen atoms in total. The molecule has 2 aromatic heterocycles. The third-order valence-corrected chi connectivity index (χ3v) is 4.87. The van der Waals surface area contributed by atoms with Crippen LogP contribution < -0.4 is 0 Å². The van der Waals surface area contributed by atoms with Crippen LogP contribution in [0.25, 0.3) is 0 Å². The maximum atomic E-state index is 5.07. The molecule has 0 amide bonds. The van der Waals surface area contributed by atoms with Gasteiger partial charge in [0.2, 0.25) is 0 Å². The van der Waals surface area contributed by atoms with Gasteiger partial charge in [-0.05, 0) is 37.4 Å². The van der Waals surface area contributed by atoms with E-state index < -0.39 is 0 Å². The summed E-state index contributed by atoms with van der Waals surface area (Å²) in [5.41, 5.74) is 0. The van der Waals surface area contributed by atoms with Crippen molar-refractivity contribution in [3.63, 3.8) is 0 Å². The molecule has 114 valence electrons. The number of piperidine rings is 1. The van der Waals surface area contributed by atoms with Crippen LogP contribution in [0.3, 0.4) is 0 Å². The highest BCUT2D eigenvalue weighted by atomic mass is 32.1. The third-order valence-electron chi connectivity index (χ3n) is 4.00. The topological polar surface area (TPSA) is 54.0 Å². The molecule has 3 heterocycles. The first kappa shape index (κ1) is 14.7. The van der Waals surface area contributed by atoms with Crippen molar-refractivity contribution in [2.24, 2.45) is 0 Å². The summed E-state index contributed by atoms with van der Waals surface area (Å²) in [5, 5.41) is 9.57. The second-order valence-electron chi connectivity index (χ2n) is 5.51. The first-order chi connectivity index (χ1) is 10.3. The molecule has 21 heavy (non-hydrogen) atoms. The Morgan fingerprint density at radius 3 is 3.00 bits per heavy atom. The number of nitrogens with one attached hydrogen (secondary N) is 1. The normalized spacial score (nSPS) is 17.4. The largest absolute Gasteiger partial charge is 0.384 e. The molecule has 2 aromatic rings. The number of hydrogen-bond acceptors (Lipinski definition) is 5. The molecule has 0 unspecified atom stereocenters. The van der Waals surface area contributed by atoms with Gasteiger partial charge in [0, 0.05) is 30.9 Å². The van der Waals surface area contributed by atoms with Crippen LogP contribution in [0.15, 0.2) is 17.5 Å². The van der Waals surface area contributed by atoms with Crippen LogP contribution in [0.5, 0.6) is 0 Å². The van der Waals surface area contributed by atoms with Gasteiger partial charge in [-0.1, -0.05) is 6.07 Å². The Bertz CT molecular complexity index is 532. The van der Waals surface area contributed by atoms with Gasteiger partial charge in [0.1, 0.15) is 5.82 Å².